The Morgan fingerprint density at radius 1 is 1.38 bits per heavy atom. The number of hydrogen-bond acceptors (Lipinski definition) is 4. The molecule has 116 valence electrons. The van der Waals surface area contributed by atoms with E-state index in [0.29, 0.717) is 12.1 Å². The van der Waals surface area contributed by atoms with Crippen LogP contribution in [0.1, 0.15) is 39.3 Å². The molecule has 0 saturated carbocycles. The van der Waals surface area contributed by atoms with Crippen molar-refractivity contribution in [3.05, 3.63) is 24.0 Å². The van der Waals surface area contributed by atoms with Crippen LogP contribution >= 0.6 is 0 Å². The fourth-order valence-corrected chi connectivity index (χ4v) is 1.96. The van der Waals surface area contributed by atoms with Crippen LogP contribution in [-0.4, -0.2) is 33.3 Å². The average molecular weight is 294 g/mol. The molecule has 1 aromatic heterocycles. The largest absolute Gasteiger partial charge is 0.481 e. The Bertz CT molecular complexity index is 471. The summed E-state index contributed by atoms with van der Waals surface area (Å²) in [6.45, 7) is 6.25. The number of carbonyl (C=O) groups is 2. The number of carboxylic acid groups (broad SMARTS) is 1. The normalized spacial score (nSPS) is 12.5. The molecule has 0 aromatic carbocycles. The summed E-state index contributed by atoms with van der Waals surface area (Å²) < 4.78 is 0. The van der Waals surface area contributed by atoms with Gasteiger partial charge in [-0.1, -0.05) is 20.8 Å². The van der Waals surface area contributed by atoms with Crippen LogP contribution in [0.2, 0.25) is 0 Å². The minimum Gasteiger partial charge on any atom is -0.481 e. The van der Waals surface area contributed by atoms with Gasteiger partial charge in [0.1, 0.15) is 0 Å². The zero-order valence-corrected chi connectivity index (χ0v) is 12.6. The van der Waals surface area contributed by atoms with Crippen molar-refractivity contribution in [1.82, 2.24) is 20.8 Å². The summed E-state index contributed by atoms with van der Waals surface area (Å²) >= 11 is 0. The van der Waals surface area contributed by atoms with Crippen molar-refractivity contribution in [3.8, 4) is 0 Å². The summed E-state index contributed by atoms with van der Waals surface area (Å²) in [5.74, 6) is -0.932. The number of nitrogens with zero attached hydrogens (tertiary/aromatic N) is 2. The fourth-order valence-electron chi connectivity index (χ4n) is 1.96. The highest BCUT2D eigenvalue weighted by Gasteiger charge is 2.22. The Morgan fingerprint density at radius 3 is 2.62 bits per heavy atom. The number of hydrogen-bond donors (Lipinski definition) is 3. The lowest BCUT2D eigenvalue weighted by Gasteiger charge is -2.25. The SMILES string of the molecule is CC(C)(C)CC(CC(=O)O)NC(=O)NCc1cccnn1. The van der Waals surface area contributed by atoms with Gasteiger partial charge in [0.2, 0.25) is 0 Å². The van der Waals surface area contributed by atoms with Gasteiger partial charge in [0.25, 0.3) is 0 Å². The smallest absolute Gasteiger partial charge is 0.315 e. The number of rotatable bonds is 6. The van der Waals surface area contributed by atoms with Gasteiger partial charge in [0.15, 0.2) is 0 Å². The number of urea groups is 1. The monoisotopic (exact) mass is 294 g/mol. The highest BCUT2D eigenvalue weighted by Crippen LogP contribution is 2.22. The van der Waals surface area contributed by atoms with Gasteiger partial charge in [-0.05, 0) is 24.0 Å². The Morgan fingerprint density at radius 2 is 2.10 bits per heavy atom. The molecule has 0 spiro atoms. The summed E-state index contributed by atoms with van der Waals surface area (Å²) in [7, 11) is 0. The first-order valence-corrected chi connectivity index (χ1v) is 6.79. The third-order valence-corrected chi connectivity index (χ3v) is 2.67. The van der Waals surface area contributed by atoms with Gasteiger partial charge in [-0.2, -0.15) is 10.2 Å². The van der Waals surface area contributed by atoms with E-state index < -0.39 is 18.0 Å². The van der Waals surface area contributed by atoms with Gasteiger partial charge in [-0.25, -0.2) is 4.79 Å². The molecule has 1 atom stereocenters. The van der Waals surface area contributed by atoms with E-state index in [2.05, 4.69) is 20.8 Å². The van der Waals surface area contributed by atoms with Gasteiger partial charge >= 0.3 is 12.0 Å². The molecule has 2 amide bonds. The van der Waals surface area contributed by atoms with Crippen LogP contribution in [0.25, 0.3) is 0 Å². The van der Waals surface area contributed by atoms with Gasteiger partial charge in [-0.3, -0.25) is 4.79 Å². The minimum absolute atomic E-state index is 0.0711. The minimum atomic E-state index is -0.932. The highest BCUT2D eigenvalue weighted by atomic mass is 16.4. The Hall–Kier alpha value is -2.18. The Balaban J connectivity index is 2.49. The van der Waals surface area contributed by atoms with Gasteiger partial charge in [0, 0.05) is 12.2 Å². The van der Waals surface area contributed by atoms with E-state index in [1.54, 1.807) is 18.3 Å². The van der Waals surface area contributed by atoms with Gasteiger partial charge in [-0.15, -0.1) is 0 Å². The number of aliphatic carboxylic acids is 1. The molecule has 0 aliphatic heterocycles. The zero-order chi connectivity index (χ0) is 15.9. The number of amides is 2. The van der Waals surface area contributed by atoms with Crippen molar-refractivity contribution in [3.63, 3.8) is 0 Å². The van der Waals surface area contributed by atoms with Crippen molar-refractivity contribution in [2.45, 2.75) is 46.2 Å². The van der Waals surface area contributed by atoms with E-state index in [1.807, 2.05) is 20.8 Å². The number of carboxylic acids is 1. The summed E-state index contributed by atoms with van der Waals surface area (Å²) in [5.41, 5.74) is 0.566. The van der Waals surface area contributed by atoms with Crippen LogP contribution in [0.4, 0.5) is 4.79 Å². The lowest BCUT2D eigenvalue weighted by Crippen LogP contribution is -2.44. The quantitative estimate of drug-likeness (QED) is 0.738. The summed E-state index contributed by atoms with van der Waals surface area (Å²) in [5, 5.41) is 21.8. The molecule has 1 heterocycles. The standard InChI is InChI=1S/C14H22N4O3/c1-14(2,3)8-11(7-12(19)20)17-13(21)15-9-10-5-4-6-16-18-10/h4-6,11H,7-9H2,1-3H3,(H,19,20)(H2,15,17,21). The van der Waals surface area contributed by atoms with Crippen molar-refractivity contribution < 1.29 is 14.7 Å². The van der Waals surface area contributed by atoms with E-state index in [1.165, 1.54) is 0 Å². The van der Waals surface area contributed by atoms with Crippen LogP contribution in [0, 0.1) is 5.41 Å². The van der Waals surface area contributed by atoms with Crippen LogP contribution in [0.3, 0.4) is 0 Å². The Labute approximate surface area is 124 Å². The lowest BCUT2D eigenvalue weighted by atomic mass is 9.87. The topological polar surface area (TPSA) is 104 Å². The molecule has 0 aliphatic carbocycles. The van der Waals surface area contributed by atoms with E-state index in [-0.39, 0.29) is 18.4 Å². The third kappa shape index (κ3) is 7.86. The maximum absolute atomic E-state index is 11.8. The summed E-state index contributed by atoms with van der Waals surface area (Å²) in [6.07, 6.45) is 2.03. The van der Waals surface area contributed by atoms with E-state index >= 15 is 0 Å². The maximum atomic E-state index is 11.8. The van der Waals surface area contributed by atoms with Crippen molar-refractivity contribution in [1.29, 1.82) is 0 Å². The van der Waals surface area contributed by atoms with E-state index in [0.717, 1.165) is 0 Å². The first-order chi connectivity index (χ1) is 9.76. The fraction of sp³-hybridized carbons (Fsp3) is 0.571. The molecular formula is C14H22N4O3. The van der Waals surface area contributed by atoms with Crippen LogP contribution in [0.5, 0.6) is 0 Å². The van der Waals surface area contributed by atoms with Crippen LogP contribution < -0.4 is 10.6 Å². The molecule has 1 rings (SSSR count). The molecule has 1 unspecified atom stereocenters. The molecule has 7 nitrogen and oxygen atoms in total. The predicted molar refractivity (Wildman–Crippen MR) is 77.5 cm³/mol. The first kappa shape index (κ1) is 16.9. The van der Waals surface area contributed by atoms with E-state index in [9.17, 15) is 9.59 Å². The maximum Gasteiger partial charge on any atom is 0.315 e. The number of nitrogens with one attached hydrogen (secondary N) is 2. The molecule has 0 aliphatic rings. The van der Waals surface area contributed by atoms with Crippen molar-refractivity contribution >= 4 is 12.0 Å². The molecule has 7 heteroatoms. The molecule has 1 aromatic rings. The zero-order valence-electron chi connectivity index (χ0n) is 12.6. The van der Waals surface area contributed by atoms with Crippen molar-refractivity contribution in [2.24, 2.45) is 5.41 Å². The summed E-state index contributed by atoms with van der Waals surface area (Å²) in [4.78, 5) is 22.7. The second kappa shape index (κ2) is 7.56. The second-order valence-electron chi connectivity index (χ2n) is 6.10. The molecule has 0 bridgehead atoms. The van der Waals surface area contributed by atoms with E-state index in [4.69, 9.17) is 5.11 Å². The van der Waals surface area contributed by atoms with Gasteiger partial charge < -0.3 is 15.7 Å². The van der Waals surface area contributed by atoms with Crippen LogP contribution in [-0.2, 0) is 11.3 Å². The molecule has 0 radical (unpaired) electrons. The Kier molecular flexibility index (Phi) is 6.08. The molecule has 3 N–H and O–H groups in total. The summed E-state index contributed by atoms with van der Waals surface area (Å²) in [6, 6.07) is 2.66. The number of carbonyl (C=O) groups excluding carboxylic acids is 1. The predicted octanol–water partition coefficient (Wildman–Crippen LogP) is 1.56. The average Bonchev–Trinajstić information content (AvgIpc) is 2.34. The van der Waals surface area contributed by atoms with Crippen LogP contribution in [0.15, 0.2) is 18.3 Å². The highest BCUT2D eigenvalue weighted by molar-refractivity contribution is 5.75. The van der Waals surface area contributed by atoms with Gasteiger partial charge in [0.05, 0.1) is 18.7 Å². The number of aromatic nitrogens is 2. The molecule has 0 saturated heterocycles. The third-order valence-electron chi connectivity index (χ3n) is 2.67. The first-order valence-electron chi connectivity index (χ1n) is 6.79. The van der Waals surface area contributed by atoms with Crippen molar-refractivity contribution in [2.75, 3.05) is 0 Å². The molecule has 0 fully saturated rings. The lowest BCUT2D eigenvalue weighted by molar-refractivity contribution is -0.137. The second-order valence-corrected chi connectivity index (χ2v) is 6.10. The molecule has 21 heavy (non-hydrogen) atoms. The molecular weight excluding hydrogens is 272 g/mol.